The molecule has 2 aromatic carbocycles. The maximum Gasteiger partial charge on any atom is 0.269 e. The Hall–Kier alpha value is -3.45. The minimum Gasteiger partial charge on any atom is -0.351 e. The van der Waals surface area contributed by atoms with Gasteiger partial charge in [0, 0.05) is 48.7 Å². The smallest absolute Gasteiger partial charge is 0.269 e. The van der Waals surface area contributed by atoms with Crippen molar-refractivity contribution in [1.29, 1.82) is 0 Å². The highest BCUT2D eigenvalue weighted by Gasteiger charge is 2.25. The molecule has 0 atom stereocenters. The Bertz CT molecular complexity index is 1150. The Morgan fingerprint density at radius 2 is 1.65 bits per heavy atom. The third-order valence-corrected chi connectivity index (χ3v) is 6.72. The standard InChI is InChI=1S/C27H32N4O3/c1-20-25(23-11-13-24(14-12-23)31(33)34)26(21(2)30(20)19-22-9-5-3-6-10-22)27(32)28-15-18-29-16-7-4-8-17-29/h3,5-6,9-14H,4,7-8,15-19H2,1-2H3,(H,28,32). The molecule has 1 N–H and O–H groups in total. The lowest BCUT2D eigenvalue weighted by Crippen LogP contribution is -2.37. The van der Waals surface area contributed by atoms with Gasteiger partial charge in [0.05, 0.1) is 10.5 Å². The van der Waals surface area contributed by atoms with Crippen LogP contribution < -0.4 is 5.32 Å². The Kier molecular flexibility index (Phi) is 7.43. The third-order valence-electron chi connectivity index (χ3n) is 6.72. The van der Waals surface area contributed by atoms with Crippen molar-refractivity contribution in [1.82, 2.24) is 14.8 Å². The van der Waals surface area contributed by atoms with E-state index in [1.165, 1.54) is 31.4 Å². The first-order valence-corrected chi connectivity index (χ1v) is 11.9. The third kappa shape index (κ3) is 5.20. The normalized spacial score (nSPS) is 14.2. The number of hydrogen-bond acceptors (Lipinski definition) is 4. The van der Waals surface area contributed by atoms with Gasteiger partial charge >= 0.3 is 0 Å². The second-order valence-corrected chi connectivity index (χ2v) is 8.95. The van der Waals surface area contributed by atoms with Crippen molar-refractivity contribution in [3.63, 3.8) is 0 Å². The average molecular weight is 461 g/mol. The van der Waals surface area contributed by atoms with Gasteiger partial charge < -0.3 is 14.8 Å². The van der Waals surface area contributed by atoms with Gasteiger partial charge in [-0.05, 0) is 63.0 Å². The number of nitrogens with one attached hydrogen (secondary N) is 1. The number of nitrogens with zero attached hydrogens (tertiary/aromatic N) is 3. The molecule has 2 heterocycles. The molecule has 1 saturated heterocycles. The molecule has 7 heteroatoms. The van der Waals surface area contributed by atoms with Crippen LogP contribution in [0.5, 0.6) is 0 Å². The van der Waals surface area contributed by atoms with Gasteiger partial charge in [0.2, 0.25) is 0 Å². The van der Waals surface area contributed by atoms with Crippen LogP contribution >= 0.6 is 0 Å². The van der Waals surface area contributed by atoms with E-state index >= 15 is 0 Å². The Balaban J connectivity index is 1.65. The van der Waals surface area contributed by atoms with E-state index in [-0.39, 0.29) is 11.6 Å². The molecular weight excluding hydrogens is 428 g/mol. The lowest BCUT2D eigenvalue weighted by atomic mass is 9.99. The monoisotopic (exact) mass is 460 g/mol. The summed E-state index contributed by atoms with van der Waals surface area (Å²) in [6.07, 6.45) is 3.73. The quantitative estimate of drug-likeness (QED) is 0.381. The summed E-state index contributed by atoms with van der Waals surface area (Å²) in [4.78, 5) is 26.6. The van der Waals surface area contributed by atoms with Crippen LogP contribution in [0.4, 0.5) is 5.69 Å². The fourth-order valence-corrected chi connectivity index (χ4v) is 4.87. The van der Waals surface area contributed by atoms with E-state index in [2.05, 4.69) is 26.9 Å². The van der Waals surface area contributed by atoms with Crippen LogP contribution in [0, 0.1) is 24.0 Å². The molecule has 0 unspecified atom stereocenters. The second kappa shape index (κ2) is 10.7. The molecule has 1 aliphatic heterocycles. The molecule has 4 rings (SSSR count). The number of aromatic nitrogens is 1. The van der Waals surface area contributed by atoms with E-state index in [0.29, 0.717) is 18.7 Å². The molecule has 0 spiro atoms. The first-order chi connectivity index (χ1) is 16.5. The largest absolute Gasteiger partial charge is 0.351 e. The Morgan fingerprint density at radius 3 is 2.29 bits per heavy atom. The fourth-order valence-electron chi connectivity index (χ4n) is 4.87. The number of hydrogen-bond donors (Lipinski definition) is 1. The van der Waals surface area contributed by atoms with Gasteiger partial charge in [-0.25, -0.2) is 0 Å². The zero-order valence-corrected chi connectivity index (χ0v) is 19.9. The van der Waals surface area contributed by atoms with E-state index in [1.807, 2.05) is 32.0 Å². The van der Waals surface area contributed by atoms with Gasteiger partial charge in [-0.2, -0.15) is 0 Å². The molecule has 0 aliphatic carbocycles. The molecule has 0 bridgehead atoms. The van der Waals surface area contributed by atoms with Crippen molar-refractivity contribution in [3.8, 4) is 11.1 Å². The van der Waals surface area contributed by atoms with Crippen molar-refractivity contribution in [2.45, 2.75) is 39.7 Å². The van der Waals surface area contributed by atoms with Crippen LogP contribution in [0.25, 0.3) is 11.1 Å². The van der Waals surface area contributed by atoms with Crippen molar-refractivity contribution in [3.05, 3.63) is 87.2 Å². The van der Waals surface area contributed by atoms with E-state index in [4.69, 9.17) is 0 Å². The minimum atomic E-state index is -0.406. The van der Waals surface area contributed by atoms with Crippen molar-refractivity contribution in [2.24, 2.45) is 0 Å². The van der Waals surface area contributed by atoms with Gasteiger partial charge in [-0.1, -0.05) is 36.8 Å². The van der Waals surface area contributed by atoms with E-state index in [0.717, 1.165) is 47.7 Å². The zero-order chi connectivity index (χ0) is 24.1. The van der Waals surface area contributed by atoms with Crippen molar-refractivity contribution in [2.75, 3.05) is 26.2 Å². The van der Waals surface area contributed by atoms with Crippen molar-refractivity contribution < 1.29 is 9.72 Å². The van der Waals surface area contributed by atoms with E-state index < -0.39 is 4.92 Å². The highest BCUT2D eigenvalue weighted by atomic mass is 16.6. The summed E-state index contributed by atoms with van der Waals surface area (Å²) in [7, 11) is 0. The maximum atomic E-state index is 13.4. The summed E-state index contributed by atoms with van der Waals surface area (Å²) < 4.78 is 2.16. The minimum absolute atomic E-state index is 0.0365. The Morgan fingerprint density at radius 1 is 0.971 bits per heavy atom. The number of piperidine rings is 1. The summed E-state index contributed by atoms with van der Waals surface area (Å²) in [5.41, 5.74) is 5.32. The summed E-state index contributed by atoms with van der Waals surface area (Å²) in [6.45, 7) is 8.27. The number of nitro groups is 1. The lowest BCUT2D eigenvalue weighted by molar-refractivity contribution is -0.384. The van der Waals surface area contributed by atoms with Crippen LogP contribution in [0.2, 0.25) is 0 Å². The molecule has 0 saturated carbocycles. The molecule has 34 heavy (non-hydrogen) atoms. The highest BCUT2D eigenvalue weighted by molar-refractivity contribution is 6.03. The first kappa shape index (κ1) is 23.7. The van der Waals surface area contributed by atoms with Gasteiger partial charge in [0.25, 0.3) is 11.6 Å². The van der Waals surface area contributed by atoms with Crippen LogP contribution in [-0.4, -0.2) is 46.5 Å². The number of carbonyl (C=O) groups excluding carboxylic acids is 1. The van der Waals surface area contributed by atoms with Crippen molar-refractivity contribution >= 4 is 11.6 Å². The summed E-state index contributed by atoms with van der Waals surface area (Å²) in [5.74, 6) is -0.0993. The molecule has 0 radical (unpaired) electrons. The number of carbonyl (C=O) groups is 1. The molecule has 1 aliphatic rings. The van der Waals surface area contributed by atoms with Gasteiger partial charge in [-0.3, -0.25) is 14.9 Å². The molecule has 7 nitrogen and oxygen atoms in total. The topological polar surface area (TPSA) is 80.4 Å². The predicted molar refractivity (Wildman–Crippen MR) is 134 cm³/mol. The van der Waals surface area contributed by atoms with Crippen LogP contribution in [0.3, 0.4) is 0 Å². The SMILES string of the molecule is Cc1c(C(=O)NCCN2CCCCC2)c(-c2ccc([N+](=O)[O-])cc2)c(C)n1Cc1ccccc1. The number of likely N-dealkylation sites (tertiary alicyclic amines) is 1. The summed E-state index contributed by atoms with van der Waals surface area (Å²) in [6, 6.07) is 16.6. The van der Waals surface area contributed by atoms with Crippen LogP contribution in [0.1, 0.15) is 46.6 Å². The van der Waals surface area contributed by atoms with Gasteiger partial charge in [0.15, 0.2) is 0 Å². The number of amides is 1. The summed E-state index contributed by atoms with van der Waals surface area (Å²) in [5, 5.41) is 14.3. The molecule has 1 amide bonds. The Labute approximate surface area is 200 Å². The molecule has 178 valence electrons. The van der Waals surface area contributed by atoms with Gasteiger partial charge in [0.1, 0.15) is 0 Å². The molecule has 1 aromatic heterocycles. The van der Waals surface area contributed by atoms with E-state index in [9.17, 15) is 14.9 Å². The number of non-ortho nitro benzene ring substituents is 1. The number of rotatable bonds is 8. The number of benzene rings is 2. The molecule has 3 aromatic rings. The number of nitro benzene ring substituents is 1. The first-order valence-electron chi connectivity index (χ1n) is 11.9. The van der Waals surface area contributed by atoms with Crippen LogP contribution in [0.15, 0.2) is 54.6 Å². The molecular formula is C27H32N4O3. The lowest BCUT2D eigenvalue weighted by Gasteiger charge is -2.26. The highest BCUT2D eigenvalue weighted by Crippen LogP contribution is 2.34. The molecule has 1 fully saturated rings. The maximum absolute atomic E-state index is 13.4. The second-order valence-electron chi connectivity index (χ2n) is 8.95. The zero-order valence-electron chi connectivity index (χ0n) is 19.9. The predicted octanol–water partition coefficient (Wildman–Crippen LogP) is 4.94. The fraction of sp³-hybridized carbons (Fsp3) is 0.370. The van der Waals surface area contributed by atoms with Crippen LogP contribution in [-0.2, 0) is 6.54 Å². The average Bonchev–Trinajstić information content (AvgIpc) is 3.10. The summed E-state index contributed by atoms with van der Waals surface area (Å²) >= 11 is 0. The van der Waals surface area contributed by atoms with E-state index in [1.54, 1.807) is 12.1 Å². The van der Waals surface area contributed by atoms with Gasteiger partial charge in [-0.15, -0.1) is 0 Å².